The van der Waals surface area contributed by atoms with Gasteiger partial charge in [0.1, 0.15) is 5.82 Å². The smallest absolute Gasteiger partial charge is 0.139 e. The number of benzene rings is 1. The second-order valence-corrected chi connectivity index (χ2v) is 6.65. The Balaban J connectivity index is 2.48. The lowest BCUT2D eigenvalue weighted by Gasteiger charge is -2.41. The van der Waals surface area contributed by atoms with Crippen molar-refractivity contribution in [1.29, 1.82) is 0 Å². The molecule has 0 saturated heterocycles. The highest BCUT2D eigenvalue weighted by Gasteiger charge is 2.39. The van der Waals surface area contributed by atoms with Crippen molar-refractivity contribution in [1.82, 2.24) is 0 Å². The minimum absolute atomic E-state index is 0.0645. The van der Waals surface area contributed by atoms with Crippen molar-refractivity contribution < 1.29 is 4.39 Å². The van der Waals surface area contributed by atoms with E-state index in [9.17, 15) is 4.39 Å². The third-order valence-electron chi connectivity index (χ3n) is 3.92. The number of hydrogen-bond acceptors (Lipinski definition) is 2. The summed E-state index contributed by atoms with van der Waals surface area (Å²) in [5, 5.41) is 6.81. The van der Waals surface area contributed by atoms with Crippen molar-refractivity contribution in [2.45, 2.75) is 33.2 Å². The topological polar surface area (TPSA) is 24.1 Å². The number of rotatable bonds is 0. The molecule has 1 heterocycles. The van der Waals surface area contributed by atoms with Crippen molar-refractivity contribution in [2.75, 3.05) is 17.2 Å². The normalized spacial score (nSPS) is 20.8. The van der Waals surface area contributed by atoms with Crippen LogP contribution in [0.3, 0.4) is 0 Å². The molecule has 1 aromatic carbocycles. The lowest BCUT2D eigenvalue weighted by atomic mass is 9.74. The Labute approximate surface area is 110 Å². The Kier molecular flexibility index (Phi) is 2.89. The van der Waals surface area contributed by atoms with E-state index in [1.54, 1.807) is 6.07 Å². The van der Waals surface area contributed by atoms with Gasteiger partial charge >= 0.3 is 0 Å². The molecule has 0 fully saturated rings. The zero-order chi connectivity index (χ0) is 12.8. The molecule has 2 N–H and O–H groups in total. The van der Waals surface area contributed by atoms with Crippen LogP contribution >= 0.6 is 15.9 Å². The highest BCUT2D eigenvalue weighted by atomic mass is 79.9. The van der Waals surface area contributed by atoms with Gasteiger partial charge in [0.05, 0.1) is 15.8 Å². The predicted molar refractivity (Wildman–Crippen MR) is 74.1 cm³/mol. The molecule has 17 heavy (non-hydrogen) atoms. The van der Waals surface area contributed by atoms with Crippen molar-refractivity contribution in [3.63, 3.8) is 0 Å². The molecule has 1 aliphatic heterocycles. The molecule has 0 aromatic heterocycles. The molecule has 2 rings (SSSR count). The molecule has 0 atom stereocenters. The van der Waals surface area contributed by atoms with Crippen LogP contribution in [0.5, 0.6) is 0 Å². The predicted octanol–water partition coefficient (Wildman–Crippen LogP) is 4.23. The highest BCUT2D eigenvalue weighted by Crippen LogP contribution is 2.40. The largest absolute Gasteiger partial charge is 0.383 e. The standard InChI is InChI=1S/C13H18BrFN2/c1-12(2)7-16-10-5-8(14)9(15)6-11(10)17-13(12,3)4/h5-6,16-17H,7H2,1-4H3. The molecule has 0 spiro atoms. The van der Waals surface area contributed by atoms with E-state index in [2.05, 4.69) is 54.3 Å². The number of halogens is 2. The number of nitrogens with one attached hydrogen (secondary N) is 2. The monoisotopic (exact) mass is 300 g/mol. The Morgan fingerprint density at radius 1 is 1.18 bits per heavy atom. The zero-order valence-electron chi connectivity index (χ0n) is 10.6. The summed E-state index contributed by atoms with van der Waals surface area (Å²) < 4.78 is 14.1. The van der Waals surface area contributed by atoms with Gasteiger partial charge in [0.2, 0.25) is 0 Å². The summed E-state index contributed by atoms with van der Waals surface area (Å²) in [6.45, 7) is 9.53. The Morgan fingerprint density at radius 3 is 2.47 bits per heavy atom. The third kappa shape index (κ3) is 2.15. The van der Waals surface area contributed by atoms with Gasteiger partial charge in [-0.25, -0.2) is 4.39 Å². The first kappa shape index (κ1) is 12.7. The molecular weight excluding hydrogens is 283 g/mol. The minimum atomic E-state index is -0.242. The number of fused-ring (bicyclic) bond motifs is 1. The van der Waals surface area contributed by atoms with Crippen LogP contribution in [0.2, 0.25) is 0 Å². The lowest BCUT2D eigenvalue weighted by Crippen LogP contribution is -2.47. The first-order chi connectivity index (χ1) is 7.73. The summed E-state index contributed by atoms with van der Waals surface area (Å²) in [6, 6.07) is 3.32. The molecule has 1 aliphatic rings. The fraction of sp³-hybridized carbons (Fsp3) is 0.538. The fourth-order valence-corrected chi connectivity index (χ4v) is 2.18. The van der Waals surface area contributed by atoms with Crippen molar-refractivity contribution in [3.8, 4) is 0 Å². The minimum Gasteiger partial charge on any atom is -0.383 e. The maximum atomic E-state index is 13.6. The first-order valence-electron chi connectivity index (χ1n) is 5.74. The van der Waals surface area contributed by atoms with Crippen LogP contribution in [-0.2, 0) is 0 Å². The molecule has 1 aromatic rings. The van der Waals surface area contributed by atoms with Gasteiger partial charge in [-0.15, -0.1) is 0 Å². The van der Waals surface area contributed by atoms with Gasteiger partial charge in [0, 0.05) is 23.6 Å². The second-order valence-electron chi connectivity index (χ2n) is 5.80. The van der Waals surface area contributed by atoms with E-state index in [1.165, 1.54) is 6.07 Å². The number of anilines is 2. The van der Waals surface area contributed by atoms with E-state index in [0.29, 0.717) is 4.47 Å². The molecule has 94 valence electrons. The van der Waals surface area contributed by atoms with Crippen LogP contribution in [0.25, 0.3) is 0 Å². The summed E-state index contributed by atoms with van der Waals surface area (Å²) in [5.74, 6) is -0.242. The molecular formula is C13H18BrFN2. The van der Waals surface area contributed by atoms with Gasteiger partial charge < -0.3 is 10.6 Å². The van der Waals surface area contributed by atoms with Gasteiger partial charge in [0.15, 0.2) is 0 Å². The van der Waals surface area contributed by atoms with Crippen LogP contribution in [0.1, 0.15) is 27.7 Å². The third-order valence-corrected chi connectivity index (χ3v) is 4.53. The van der Waals surface area contributed by atoms with Gasteiger partial charge in [0.25, 0.3) is 0 Å². The average Bonchev–Trinajstić information content (AvgIpc) is 2.27. The van der Waals surface area contributed by atoms with Crippen LogP contribution < -0.4 is 10.6 Å². The molecule has 0 saturated carbocycles. The second kappa shape index (κ2) is 3.87. The van der Waals surface area contributed by atoms with Crippen LogP contribution in [0.15, 0.2) is 16.6 Å². The van der Waals surface area contributed by atoms with Crippen LogP contribution in [-0.4, -0.2) is 12.1 Å². The molecule has 4 heteroatoms. The van der Waals surface area contributed by atoms with E-state index in [-0.39, 0.29) is 16.8 Å². The zero-order valence-corrected chi connectivity index (χ0v) is 12.2. The molecule has 0 unspecified atom stereocenters. The molecule has 0 aliphatic carbocycles. The summed E-state index contributed by atoms with van der Waals surface area (Å²) in [7, 11) is 0. The number of hydrogen-bond donors (Lipinski definition) is 2. The van der Waals surface area contributed by atoms with Gasteiger partial charge in [-0.2, -0.15) is 0 Å². The van der Waals surface area contributed by atoms with Crippen molar-refractivity contribution in [2.24, 2.45) is 5.41 Å². The Bertz CT molecular complexity index is 455. The van der Waals surface area contributed by atoms with E-state index >= 15 is 0 Å². The molecule has 2 nitrogen and oxygen atoms in total. The van der Waals surface area contributed by atoms with Gasteiger partial charge in [-0.3, -0.25) is 0 Å². The maximum absolute atomic E-state index is 13.6. The Hall–Kier alpha value is -0.770. The summed E-state index contributed by atoms with van der Waals surface area (Å²) in [5.41, 5.74) is 1.72. The SMILES string of the molecule is CC1(C)CNc2cc(Br)c(F)cc2NC1(C)C. The Morgan fingerprint density at radius 2 is 1.82 bits per heavy atom. The van der Waals surface area contributed by atoms with Gasteiger partial charge in [-0.05, 0) is 35.8 Å². The molecule has 0 amide bonds. The van der Waals surface area contributed by atoms with Crippen molar-refractivity contribution >= 4 is 27.3 Å². The van der Waals surface area contributed by atoms with Gasteiger partial charge in [-0.1, -0.05) is 13.8 Å². The van der Waals surface area contributed by atoms with E-state index < -0.39 is 0 Å². The molecule has 0 bridgehead atoms. The first-order valence-corrected chi connectivity index (χ1v) is 6.53. The van der Waals surface area contributed by atoms with Crippen molar-refractivity contribution in [3.05, 3.63) is 22.4 Å². The molecule has 0 radical (unpaired) electrons. The highest BCUT2D eigenvalue weighted by molar-refractivity contribution is 9.10. The lowest BCUT2D eigenvalue weighted by molar-refractivity contribution is 0.245. The van der Waals surface area contributed by atoms with Crippen LogP contribution in [0.4, 0.5) is 15.8 Å². The average molecular weight is 301 g/mol. The van der Waals surface area contributed by atoms with E-state index in [1.807, 2.05) is 0 Å². The summed E-state index contributed by atoms with van der Waals surface area (Å²) >= 11 is 3.21. The maximum Gasteiger partial charge on any atom is 0.139 e. The fourth-order valence-electron chi connectivity index (χ4n) is 1.84. The summed E-state index contributed by atoms with van der Waals surface area (Å²) in [6.07, 6.45) is 0. The quantitative estimate of drug-likeness (QED) is 0.749. The van der Waals surface area contributed by atoms with E-state index in [0.717, 1.165) is 17.9 Å². The summed E-state index contributed by atoms with van der Waals surface area (Å²) in [4.78, 5) is 0. The van der Waals surface area contributed by atoms with Crippen LogP contribution in [0, 0.1) is 11.2 Å². The van der Waals surface area contributed by atoms with E-state index in [4.69, 9.17) is 0 Å².